The number of fused-ring (bicyclic) bond motifs is 1. The van der Waals surface area contributed by atoms with E-state index in [-0.39, 0.29) is 36.6 Å². The van der Waals surface area contributed by atoms with Crippen LogP contribution in [0.3, 0.4) is 0 Å². The quantitative estimate of drug-likeness (QED) is 0.743. The summed E-state index contributed by atoms with van der Waals surface area (Å²) in [6.07, 6.45) is 1.50. The topological polar surface area (TPSA) is 67.9 Å². The number of hydrogen-bond acceptors (Lipinski definition) is 5. The highest BCUT2D eigenvalue weighted by atomic mass is 35.5. The average Bonchev–Trinajstić information content (AvgIpc) is 3.11. The van der Waals surface area contributed by atoms with Gasteiger partial charge in [-0.25, -0.2) is 0 Å². The number of benzene rings is 1. The molecule has 2 amide bonds. The van der Waals surface area contributed by atoms with Crippen molar-refractivity contribution in [3.63, 3.8) is 0 Å². The van der Waals surface area contributed by atoms with Crippen molar-refractivity contribution < 1.29 is 9.59 Å². The Hall–Kier alpha value is -1.54. The van der Waals surface area contributed by atoms with Crippen LogP contribution in [0, 0.1) is 0 Å². The summed E-state index contributed by atoms with van der Waals surface area (Å²) in [5.41, 5.74) is 2.35. The van der Waals surface area contributed by atoms with E-state index in [9.17, 15) is 9.59 Å². The van der Waals surface area contributed by atoms with E-state index in [0.29, 0.717) is 24.6 Å². The van der Waals surface area contributed by atoms with Gasteiger partial charge in [0.15, 0.2) is 0 Å². The maximum Gasteiger partial charge on any atom is 0.253 e. The van der Waals surface area contributed by atoms with Gasteiger partial charge in [-0.3, -0.25) is 14.5 Å². The Balaban J connectivity index is 0.00000140. The Morgan fingerprint density at radius 3 is 2.61 bits per heavy atom. The molecule has 0 aromatic heterocycles. The third-order valence-electron chi connectivity index (χ3n) is 5.72. The maximum absolute atomic E-state index is 13.0. The first-order valence-corrected chi connectivity index (χ1v) is 9.51. The summed E-state index contributed by atoms with van der Waals surface area (Å²) < 4.78 is 0. The van der Waals surface area contributed by atoms with Crippen LogP contribution in [0.2, 0.25) is 0 Å². The lowest BCUT2D eigenvalue weighted by molar-refractivity contribution is -0.115. The van der Waals surface area contributed by atoms with E-state index < -0.39 is 0 Å². The summed E-state index contributed by atoms with van der Waals surface area (Å²) in [4.78, 5) is 31.4. The molecule has 9 heteroatoms. The zero-order valence-corrected chi connectivity index (χ0v) is 17.8. The lowest BCUT2D eigenvalue weighted by Crippen LogP contribution is -2.49. The third-order valence-corrected chi connectivity index (χ3v) is 5.72. The van der Waals surface area contributed by atoms with E-state index in [1.54, 1.807) is 0 Å². The van der Waals surface area contributed by atoms with Gasteiger partial charge >= 0.3 is 0 Å². The first kappa shape index (κ1) is 22.7. The van der Waals surface area contributed by atoms with Crippen LogP contribution in [0.5, 0.6) is 0 Å². The molecule has 0 saturated carbocycles. The second kappa shape index (κ2) is 9.78. The molecular formula is C19H29Cl2N5O2. The smallest absolute Gasteiger partial charge is 0.253 e. The fraction of sp³-hybridized carbons (Fsp3) is 0.579. The lowest BCUT2D eigenvalue weighted by Gasteiger charge is -2.32. The van der Waals surface area contributed by atoms with Gasteiger partial charge in [-0.15, -0.1) is 24.8 Å². The largest absolute Gasteiger partial charge is 0.372 e. The molecule has 0 radical (unpaired) electrons. The number of anilines is 2. The minimum Gasteiger partial charge on any atom is -0.372 e. The van der Waals surface area contributed by atoms with E-state index in [2.05, 4.69) is 20.4 Å². The molecule has 3 aliphatic rings. The number of halogens is 2. The number of carbonyl (C=O) groups is 2. The summed E-state index contributed by atoms with van der Waals surface area (Å²) in [5.74, 6) is 0.0618. The highest BCUT2D eigenvalue weighted by Gasteiger charge is 2.31. The number of likely N-dealkylation sites (tertiary alicyclic amines) is 1. The number of rotatable bonds is 2. The molecule has 1 unspecified atom stereocenters. The second-order valence-electron chi connectivity index (χ2n) is 7.43. The first-order chi connectivity index (χ1) is 12.6. The molecule has 1 aromatic rings. The van der Waals surface area contributed by atoms with Crippen molar-refractivity contribution in [3.8, 4) is 0 Å². The lowest BCUT2D eigenvalue weighted by atomic mass is 10.1. The molecule has 1 aromatic carbocycles. The van der Waals surface area contributed by atoms with Gasteiger partial charge in [-0.1, -0.05) is 0 Å². The first-order valence-electron chi connectivity index (χ1n) is 9.51. The number of amides is 2. The predicted octanol–water partition coefficient (Wildman–Crippen LogP) is 1.43. The van der Waals surface area contributed by atoms with Crippen molar-refractivity contribution >= 4 is 48.0 Å². The van der Waals surface area contributed by atoms with Gasteiger partial charge in [-0.2, -0.15) is 0 Å². The molecule has 2 saturated heterocycles. The molecule has 3 aliphatic heterocycles. The Labute approximate surface area is 178 Å². The summed E-state index contributed by atoms with van der Waals surface area (Å²) in [5, 5.41) is 6.31. The van der Waals surface area contributed by atoms with E-state index in [1.165, 1.54) is 0 Å². The number of hydrogen-bond donors (Lipinski definition) is 2. The van der Waals surface area contributed by atoms with E-state index >= 15 is 0 Å². The molecule has 156 valence electrons. The number of nitrogens with zero attached hydrogens (tertiary/aromatic N) is 3. The highest BCUT2D eigenvalue weighted by Crippen LogP contribution is 2.30. The van der Waals surface area contributed by atoms with Gasteiger partial charge in [0, 0.05) is 70.9 Å². The van der Waals surface area contributed by atoms with Crippen molar-refractivity contribution in [2.24, 2.45) is 0 Å². The second-order valence-corrected chi connectivity index (χ2v) is 7.43. The number of carbonyl (C=O) groups excluding carboxylic acids is 2. The van der Waals surface area contributed by atoms with Gasteiger partial charge in [0.2, 0.25) is 5.91 Å². The van der Waals surface area contributed by atoms with Gasteiger partial charge in [0.05, 0.1) is 11.4 Å². The van der Waals surface area contributed by atoms with Crippen molar-refractivity contribution in [1.82, 2.24) is 15.1 Å². The fourth-order valence-electron chi connectivity index (χ4n) is 4.16. The summed E-state index contributed by atoms with van der Waals surface area (Å²) >= 11 is 0. The summed E-state index contributed by atoms with van der Waals surface area (Å²) in [7, 11) is 1.97. The van der Waals surface area contributed by atoms with Crippen LogP contribution in [0.4, 0.5) is 11.4 Å². The molecule has 0 aliphatic carbocycles. The zero-order valence-electron chi connectivity index (χ0n) is 16.1. The van der Waals surface area contributed by atoms with E-state index in [4.69, 9.17) is 0 Å². The summed E-state index contributed by atoms with van der Waals surface area (Å²) in [6, 6.07) is 6.12. The Bertz CT molecular complexity index is 712. The number of nitrogens with one attached hydrogen (secondary N) is 2. The SMILES string of the molecule is CN1CCC(=O)Nc2cc(C(=O)N3CCC(N4CCNCC4)C3)ccc21.Cl.Cl. The molecule has 0 bridgehead atoms. The van der Waals surface area contributed by atoms with Gasteiger partial charge in [0.25, 0.3) is 5.91 Å². The predicted molar refractivity (Wildman–Crippen MR) is 116 cm³/mol. The standard InChI is InChI=1S/C19H27N5O2.2ClH/c1-22-8-5-18(25)21-16-12-14(2-3-17(16)22)19(26)24-9-4-15(13-24)23-10-6-20-7-11-23;;/h2-3,12,15,20H,4-11,13H2,1H3,(H,21,25);2*1H. The van der Waals surface area contributed by atoms with Crippen LogP contribution in [0.15, 0.2) is 18.2 Å². The van der Waals surface area contributed by atoms with Crippen LogP contribution in [0.25, 0.3) is 0 Å². The van der Waals surface area contributed by atoms with Crippen LogP contribution in [0.1, 0.15) is 23.2 Å². The highest BCUT2D eigenvalue weighted by molar-refractivity contribution is 6.01. The normalized spacial score (nSPS) is 22.5. The molecule has 1 atom stereocenters. The molecule has 2 N–H and O–H groups in total. The van der Waals surface area contributed by atoms with Crippen LogP contribution >= 0.6 is 24.8 Å². The van der Waals surface area contributed by atoms with Gasteiger partial charge in [0.1, 0.15) is 0 Å². The van der Waals surface area contributed by atoms with E-state index in [0.717, 1.165) is 57.1 Å². The van der Waals surface area contributed by atoms with Crippen LogP contribution in [-0.4, -0.2) is 80.5 Å². The molecule has 4 rings (SSSR count). The van der Waals surface area contributed by atoms with Crippen LogP contribution < -0.4 is 15.5 Å². The molecule has 0 spiro atoms. The maximum atomic E-state index is 13.0. The Morgan fingerprint density at radius 2 is 1.86 bits per heavy atom. The minimum atomic E-state index is 0. The zero-order chi connectivity index (χ0) is 18.1. The van der Waals surface area contributed by atoms with E-state index in [1.807, 2.05) is 30.1 Å². The average molecular weight is 430 g/mol. The van der Waals surface area contributed by atoms with Gasteiger partial charge in [-0.05, 0) is 24.6 Å². The molecular weight excluding hydrogens is 401 g/mol. The minimum absolute atomic E-state index is 0. The van der Waals surface area contributed by atoms with Crippen LogP contribution in [-0.2, 0) is 4.79 Å². The monoisotopic (exact) mass is 429 g/mol. The molecule has 7 nitrogen and oxygen atoms in total. The van der Waals surface area contributed by atoms with Crippen molar-refractivity contribution in [2.45, 2.75) is 18.9 Å². The summed E-state index contributed by atoms with van der Waals surface area (Å²) in [6.45, 7) is 6.46. The Kier molecular flexibility index (Phi) is 7.95. The molecule has 28 heavy (non-hydrogen) atoms. The van der Waals surface area contributed by atoms with Crippen molar-refractivity contribution in [2.75, 3.05) is 63.1 Å². The third kappa shape index (κ3) is 4.71. The van der Waals surface area contributed by atoms with Crippen molar-refractivity contribution in [3.05, 3.63) is 23.8 Å². The molecule has 2 fully saturated rings. The fourth-order valence-corrected chi connectivity index (χ4v) is 4.16. The van der Waals surface area contributed by atoms with Gasteiger partial charge < -0.3 is 20.4 Å². The van der Waals surface area contributed by atoms with Crippen molar-refractivity contribution in [1.29, 1.82) is 0 Å². The molecule has 3 heterocycles. The number of piperazine rings is 1. The Morgan fingerprint density at radius 1 is 1.11 bits per heavy atom.